The van der Waals surface area contributed by atoms with Crippen LogP contribution in [-0.2, 0) is 7.05 Å². The molecule has 18 heavy (non-hydrogen) atoms. The van der Waals surface area contributed by atoms with Gasteiger partial charge >= 0.3 is 0 Å². The molecule has 96 valence electrons. The monoisotopic (exact) mass is 312 g/mol. The molecule has 0 amide bonds. The first-order chi connectivity index (χ1) is 8.54. The fraction of sp³-hybridized carbons (Fsp3) is 0.333. The molecular weight excluding hydrogens is 299 g/mol. The first kappa shape index (κ1) is 13.2. The molecule has 0 aliphatic carbocycles. The van der Waals surface area contributed by atoms with Crippen LogP contribution in [0.5, 0.6) is 0 Å². The molecule has 1 atom stereocenters. The van der Waals surface area contributed by atoms with E-state index in [-0.39, 0.29) is 11.9 Å². The summed E-state index contributed by atoms with van der Waals surface area (Å²) in [5.74, 6) is -0.273. The van der Waals surface area contributed by atoms with Gasteiger partial charge in [-0.25, -0.2) is 9.07 Å². The van der Waals surface area contributed by atoms with Gasteiger partial charge in [-0.05, 0) is 47.6 Å². The SMILES string of the molecule is CNC(C)c1ccc(F)cc1-c1c(Br)nnn1C. The summed E-state index contributed by atoms with van der Waals surface area (Å²) in [6, 6.07) is 4.87. The highest BCUT2D eigenvalue weighted by Crippen LogP contribution is 2.32. The van der Waals surface area contributed by atoms with Crippen LogP contribution in [0.2, 0.25) is 0 Å². The van der Waals surface area contributed by atoms with Crippen LogP contribution in [0.1, 0.15) is 18.5 Å². The summed E-state index contributed by atoms with van der Waals surface area (Å²) >= 11 is 3.35. The summed E-state index contributed by atoms with van der Waals surface area (Å²) in [5.41, 5.74) is 2.56. The Balaban J connectivity index is 2.65. The van der Waals surface area contributed by atoms with Crippen LogP contribution in [0.4, 0.5) is 4.39 Å². The minimum absolute atomic E-state index is 0.113. The Morgan fingerprint density at radius 3 is 2.72 bits per heavy atom. The Bertz CT molecular complexity index is 548. The maximum atomic E-state index is 13.5. The van der Waals surface area contributed by atoms with E-state index in [0.29, 0.717) is 4.60 Å². The predicted molar refractivity (Wildman–Crippen MR) is 71.6 cm³/mol. The summed E-state index contributed by atoms with van der Waals surface area (Å²) in [6.07, 6.45) is 0. The number of rotatable bonds is 3. The minimum atomic E-state index is -0.273. The standard InChI is InChI=1S/C12H14BrFN4/c1-7(15-2)9-5-4-8(14)6-10(9)11-12(13)16-17-18(11)3/h4-7,15H,1-3H3. The molecule has 2 rings (SSSR count). The van der Waals surface area contributed by atoms with Gasteiger partial charge in [0.1, 0.15) is 11.5 Å². The third-order valence-corrected chi connectivity index (χ3v) is 3.49. The van der Waals surface area contributed by atoms with Crippen molar-refractivity contribution in [3.8, 4) is 11.3 Å². The fourth-order valence-electron chi connectivity index (χ4n) is 1.88. The van der Waals surface area contributed by atoms with Gasteiger partial charge in [0, 0.05) is 18.7 Å². The number of nitrogens with zero attached hydrogens (tertiary/aromatic N) is 3. The average Bonchev–Trinajstić information content (AvgIpc) is 2.68. The van der Waals surface area contributed by atoms with Crippen LogP contribution in [0, 0.1) is 5.82 Å². The number of aromatic nitrogens is 3. The van der Waals surface area contributed by atoms with E-state index in [0.717, 1.165) is 16.8 Å². The zero-order valence-electron chi connectivity index (χ0n) is 10.4. The van der Waals surface area contributed by atoms with E-state index in [9.17, 15) is 4.39 Å². The Kier molecular flexibility index (Phi) is 3.77. The molecular formula is C12H14BrFN4. The van der Waals surface area contributed by atoms with Crippen molar-refractivity contribution in [3.05, 3.63) is 34.2 Å². The molecule has 0 bridgehead atoms. The topological polar surface area (TPSA) is 42.7 Å². The van der Waals surface area contributed by atoms with Crippen molar-refractivity contribution in [1.29, 1.82) is 0 Å². The van der Waals surface area contributed by atoms with E-state index in [1.54, 1.807) is 17.8 Å². The molecule has 4 nitrogen and oxygen atoms in total. The first-order valence-corrected chi connectivity index (χ1v) is 6.36. The van der Waals surface area contributed by atoms with Gasteiger partial charge in [0.15, 0.2) is 4.60 Å². The lowest BCUT2D eigenvalue weighted by atomic mass is 9.99. The Labute approximate surface area is 113 Å². The first-order valence-electron chi connectivity index (χ1n) is 5.57. The lowest BCUT2D eigenvalue weighted by Crippen LogP contribution is -2.14. The number of halogens is 2. The lowest BCUT2D eigenvalue weighted by Gasteiger charge is -2.16. The van der Waals surface area contributed by atoms with E-state index in [1.807, 2.05) is 14.0 Å². The summed E-state index contributed by atoms with van der Waals surface area (Å²) in [7, 11) is 3.65. The lowest BCUT2D eigenvalue weighted by molar-refractivity contribution is 0.619. The van der Waals surface area contributed by atoms with Gasteiger partial charge in [-0.3, -0.25) is 0 Å². The molecule has 0 radical (unpaired) electrons. The molecule has 1 heterocycles. The third kappa shape index (κ3) is 2.30. The maximum Gasteiger partial charge on any atom is 0.156 e. The number of hydrogen-bond donors (Lipinski definition) is 1. The molecule has 2 aromatic rings. The molecule has 0 aliphatic heterocycles. The molecule has 1 unspecified atom stereocenters. The van der Waals surface area contributed by atoms with E-state index in [1.165, 1.54) is 12.1 Å². The van der Waals surface area contributed by atoms with Crippen molar-refractivity contribution in [1.82, 2.24) is 20.3 Å². The fourth-order valence-corrected chi connectivity index (χ4v) is 2.43. The molecule has 0 saturated carbocycles. The van der Waals surface area contributed by atoms with E-state index in [4.69, 9.17) is 0 Å². The van der Waals surface area contributed by atoms with Crippen LogP contribution in [0.15, 0.2) is 22.8 Å². The summed E-state index contributed by atoms with van der Waals surface area (Å²) in [4.78, 5) is 0. The molecule has 1 N–H and O–H groups in total. The van der Waals surface area contributed by atoms with Crippen LogP contribution >= 0.6 is 15.9 Å². The normalized spacial score (nSPS) is 12.7. The van der Waals surface area contributed by atoms with E-state index >= 15 is 0 Å². The highest BCUT2D eigenvalue weighted by Gasteiger charge is 2.17. The highest BCUT2D eigenvalue weighted by atomic mass is 79.9. The second-order valence-corrected chi connectivity index (χ2v) is 4.85. The molecule has 1 aromatic carbocycles. The molecule has 0 aliphatic rings. The zero-order chi connectivity index (χ0) is 13.3. The molecule has 0 spiro atoms. The molecule has 1 aromatic heterocycles. The highest BCUT2D eigenvalue weighted by molar-refractivity contribution is 9.10. The smallest absolute Gasteiger partial charge is 0.156 e. The van der Waals surface area contributed by atoms with Crippen LogP contribution in [-0.4, -0.2) is 22.0 Å². The average molecular weight is 313 g/mol. The Hall–Kier alpha value is -1.27. The largest absolute Gasteiger partial charge is 0.313 e. The van der Waals surface area contributed by atoms with Crippen molar-refractivity contribution >= 4 is 15.9 Å². The molecule has 0 saturated heterocycles. The second kappa shape index (κ2) is 5.16. The van der Waals surface area contributed by atoms with Gasteiger partial charge in [-0.1, -0.05) is 11.3 Å². The van der Waals surface area contributed by atoms with Crippen LogP contribution in [0.25, 0.3) is 11.3 Å². The van der Waals surface area contributed by atoms with Gasteiger partial charge in [-0.2, -0.15) is 0 Å². The van der Waals surface area contributed by atoms with Gasteiger partial charge in [0.05, 0.1) is 0 Å². The van der Waals surface area contributed by atoms with Gasteiger partial charge in [0.2, 0.25) is 0 Å². The maximum absolute atomic E-state index is 13.5. The number of aryl methyl sites for hydroxylation is 1. The summed E-state index contributed by atoms with van der Waals surface area (Å²) in [6.45, 7) is 2.02. The van der Waals surface area contributed by atoms with Gasteiger partial charge in [0.25, 0.3) is 0 Å². The number of nitrogens with one attached hydrogen (secondary N) is 1. The van der Waals surface area contributed by atoms with Crippen molar-refractivity contribution in [3.63, 3.8) is 0 Å². The van der Waals surface area contributed by atoms with Crippen molar-refractivity contribution in [2.75, 3.05) is 7.05 Å². The van der Waals surface area contributed by atoms with Crippen LogP contribution in [0.3, 0.4) is 0 Å². The minimum Gasteiger partial charge on any atom is -0.313 e. The number of benzene rings is 1. The van der Waals surface area contributed by atoms with E-state index < -0.39 is 0 Å². The Morgan fingerprint density at radius 1 is 1.44 bits per heavy atom. The summed E-state index contributed by atoms with van der Waals surface area (Å²) in [5, 5.41) is 11.0. The Morgan fingerprint density at radius 2 is 2.17 bits per heavy atom. The van der Waals surface area contributed by atoms with Crippen molar-refractivity contribution in [2.24, 2.45) is 7.05 Å². The van der Waals surface area contributed by atoms with Gasteiger partial charge in [-0.15, -0.1) is 5.10 Å². The molecule has 6 heteroatoms. The van der Waals surface area contributed by atoms with Gasteiger partial charge < -0.3 is 5.32 Å². The number of hydrogen-bond acceptors (Lipinski definition) is 3. The second-order valence-electron chi connectivity index (χ2n) is 4.09. The summed E-state index contributed by atoms with van der Waals surface area (Å²) < 4.78 is 15.7. The van der Waals surface area contributed by atoms with Crippen LogP contribution < -0.4 is 5.32 Å². The third-order valence-electron chi connectivity index (χ3n) is 2.96. The quantitative estimate of drug-likeness (QED) is 0.947. The predicted octanol–water partition coefficient (Wildman–Crippen LogP) is 2.66. The van der Waals surface area contributed by atoms with E-state index in [2.05, 4.69) is 31.6 Å². The zero-order valence-corrected chi connectivity index (χ0v) is 12.0. The molecule has 0 fully saturated rings. The van der Waals surface area contributed by atoms with Crippen molar-refractivity contribution in [2.45, 2.75) is 13.0 Å². The van der Waals surface area contributed by atoms with Crippen molar-refractivity contribution < 1.29 is 4.39 Å².